The van der Waals surface area contributed by atoms with Gasteiger partial charge in [-0.15, -0.1) is 0 Å². The lowest BCUT2D eigenvalue weighted by molar-refractivity contribution is -0.138. The van der Waals surface area contributed by atoms with Crippen molar-refractivity contribution in [1.82, 2.24) is 15.1 Å². The smallest absolute Gasteiger partial charge is 0.242 e. The summed E-state index contributed by atoms with van der Waals surface area (Å²) in [5.41, 5.74) is 2.10. The van der Waals surface area contributed by atoms with Gasteiger partial charge >= 0.3 is 0 Å². The summed E-state index contributed by atoms with van der Waals surface area (Å²) in [4.78, 5) is 30.1. The zero-order valence-electron chi connectivity index (χ0n) is 17.8. The predicted octanol–water partition coefficient (Wildman–Crippen LogP) is 3.83. The number of carbonyl (C=O) groups is 2. The van der Waals surface area contributed by atoms with E-state index in [4.69, 9.17) is 11.6 Å². The molecule has 2 amide bonds. The fourth-order valence-electron chi connectivity index (χ4n) is 4.75. The Morgan fingerprint density at radius 1 is 1.00 bits per heavy atom. The molecule has 2 heterocycles. The molecular formula is C25H30ClN3O2. The molecular weight excluding hydrogens is 410 g/mol. The van der Waals surface area contributed by atoms with Crippen LogP contribution in [0.2, 0.25) is 5.02 Å². The number of nitrogens with zero attached hydrogens (tertiary/aromatic N) is 2. The molecule has 31 heavy (non-hydrogen) atoms. The largest absolute Gasteiger partial charge is 0.352 e. The van der Waals surface area contributed by atoms with E-state index in [1.165, 1.54) is 12.8 Å². The molecule has 2 aromatic carbocycles. The van der Waals surface area contributed by atoms with Gasteiger partial charge in [-0.25, -0.2) is 0 Å². The second-order valence-electron chi connectivity index (χ2n) is 8.47. The number of hydrogen-bond donors (Lipinski definition) is 1. The maximum absolute atomic E-state index is 13.1. The molecule has 2 aliphatic rings. The SMILES string of the molecule is O=C(NCC(c1cccc(Cl)c1)N1CCCC1)C1CCCN1C(=O)Cc1ccccc1. The van der Waals surface area contributed by atoms with Gasteiger partial charge in [-0.3, -0.25) is 14.5 Å². The van der Waals surface area contributed by atoms with Crippen molar-refractivity contribution in [1.29, 1.82) is 0 Å². The van der Waals surface area contributed by atoms with Gasteiger partial charge in [-0.05, 0) is 62.0 Å². The minimum Gasteiger partial charge on any atom is -0.352 e. The number of hydrogen-bond acceptors (Lipinski definition) is 3. The van der Waals surface area contributed by atoms with Crippen LogP contribution in [0.5, 0.6) is 0 Å². The second-order valence-corrected chi connectivity index (χ2v) is 8.90. The Labute approximate surface area is 189 Å². The molecule has 2 aliphatic heterocycles. The minimum absolute atomic E-state index is 0.0229. The first-order chi connectivity index (χ1) is 15.1. The average Bonchev–Trinajstić information content (AvgIpc) is 3.47. The normalized spacial score (nSPS) is 20.0. The molecule has 2 unspecified atom stereocenters. The van der Waals surface area contributed by atoms with Crippen molar-refractivity contribution in [2.45, 2.75) is 44.2 Å². The zero-order valence-corrected chi connectivity index (χ0v) is 18.6. The minimum atomic E-state index is -0.380. The summed E-state index contributed by atoms with van der Waals surface area (Å²) in [6.45, 7) is 3.22. The molecule has 4 rings (SSSR count). The van der Waals surface area contributed by atoms with Crippen LogP contribution in [0.4, 0.5) is 0 Å². The van der Waals surface area contributed by atoms with E-state index in [0.29, 0.717) is 24.5 Å². The predicted molar refractivity (Wildman–Crippen MR) is 123 cm³/mol. The van der Waals surface area contributed by atoms with E-state index in [9.17, 15) is 9.59 Å². The number of halogens is 1. The molecule has 0 saturated carbocycles. The molecule has 1 N–H and O–H groups in total. The quantitative estimate of drug-likeness (QED) is 0.713. The lowest BCUT2D eigenvalue weighted by atomic mass is 10.0. The highest BCUT2D eigenvalue weighted by Crippen LogP contribution is 2.27. The number of nitrogens with one attached hydrogen (secondary N) is 1. The maximum atomic E-state index is 13.1. The highest BCUT2D eigenvalue weighted by molar-refractivity contribution is 6.30. The van der Waals surface area contributed by atoms with Gasteiger partial charge < -0.3 is 10.2 Å². The van der Waals surface area contributed by atoms with E-state index >= 15 is 0 Å². The maximum Gasteiger partial charge on any atom is 0.242 e. The van der Waals surface area contributed by atoms with E-state index in [0.717, 1.165) is 37.1 Å². The standard InChI is InChI=1S/C25H30ClN3O2/c26-21-11-6-10-20(17-21)23(28-13-4-5-14-28)18-27-25(31)22-12-7-15-29(22)24(30)16-19-8-2-1-3-9-19/h1-3,6,8-11,17,22-23H,4-5,7,12-16,18H2,(H,27,31). The van der Waals surface area contributed by atoms with Gasteiger partial charge in [0.15, 0.2) is 0 Å². The van der Waals surface area contributed by atoms with E-state index < -0.39 is 0 Å². The second kappa shape index (κ2) is 10.3. The van der Waals surface area contributed by atoms with Gasteiger partial charge in [-0.1, -0.05) is 54.1 Å². The number of amides is 2. The highest BCUT2D eigenvalue weighted by Gasteiger charge is 2.34. The third-order valence-electron chi connectivity index (χ3n) is 6.36. The summed E-state index contributed by atoms with van der Waals surface area (Å²) in [6, 6.07) is 17.3. The van der Waals surface area contributed by atoms with E-state index in [-0.39, 0.29) is 23.9 Å². The van der Waals surface area contributed by atoms with Crippen LogP contribution in [0, 0.1) is 0 Å². The topological polar surface area (TPSA) is 52.7 Å². The van der Waals surface area contributed by atoms with Crippen LogP contribution in [0.1, 0.15) is 42.9 Å². The molecule has 164 valence electrons. The Hall–Kier alpha value is -2.37. The van der Waals surface area contributed by atoms with Crippen LogP contribution >= 0.6 is 11.6 Å². The fourth-order valence-corrected chi connectivity index (χ4v) is 4.95. The fraction of sp³-hybridized carbons (Fsp3) is 0.440. The Balaban J connectivity index is 1.40. The molecule has 5 nitrogen and oxygen atoms in total. The lowest BCUT2D eigenvalue weighted by Gasteiger charge is -2.30. The summed E-state index contributed by atoms with van der Waals surface area (Å²) in [7, 11) is 0. The Bertz CT molecular complexity index is 899. The van der Waals surface area contributed by atoms with Gasteiger partial charge in [0, 0.05) is 18.1 Å². The van der Waals surface area contributed by atoms with Crippen molar-refractivity contribution < 1.29 is 9.59 Å². The molecule has 2 saturated heterocycles. The van der Waals surface area contributed by atoms with Crippen LogP contribution in [-0.4, -0.2) is 53.8 Å². The molecule has 2 aromatic rings. The summed E-state index contributed by atoms with van der Waals surface area (Å²) >= 11 is 6.23. The molecule has 0 aromatic heterocycles. The van der Waals surface area contributed by atoms with Crippen molar-refractivity contribution in [2.24, 2.45) is 0 Å². The average molecular weight is 440 g/mol. The molecule has 2 atom stereocenters. The third-order valence-corrected chi connectivity index (χ3v) is 6.59. The van der Waals surface area contributed by atoms with E-state index in [1.807, 2.05) is 48.5 Å². The first-order valence-corrected chi connectivity index (χ1v) is 11.6. The Morgan fingerprint density at radius 3 is 2.52 bits per heavy atom. The van der Waals surface area contributed by atoms with Crippen LogP contribution in [0.25, 0.3) is 0 Å². The van der Waals surface area contributed by atoms with E-state index in [2.05, 4.69) is 16.3 Å². The summed E-state index contributed by atoms with van der Waals surface area (Å²) < 4.78 is 0. The molecule has 0 bridgehead atoms. The molecule has 0 spiro atoms. The molecule has 2 fully saturated rings. The van der Waals surface area contributed by atoms with Crippen LogP contribution in [-0.2, 0) is 16.0 Å². The van der Waals surface area contributed by atoms with Crippen molar-refractivity contribution in [3.63, 3.8) is 0 Å². The van der Waals surface area contributed by atoms with E-state index in [1.54, 1.807) is 4.90 Å². The first kappa shape index (κ1) is 21.8. The third kappa shape index (κ3) is 5.46. The van der Waals surface area contributed by atoms with Crippen LogP contribution in [0.15, 0.2) is 54.6 Å². The van der Waals surface area contributed by atoms with Gasteiger partial charge in [0.05, 0.1) is 12.5 Å². The first-order valence-electron chi connectivity index (χ1n) is 11.2. The summed E-state index contributed by atoms with van der Waals surface area (Å²) in [5, 5.41) is 3.86. The zero-order chi connectivity index (χ0) is 21.6. The highest BCUT2D eigenvalue weighted by atomic mass is 35.5. The van der Waals surface area contributed by atoms with Crippen molar-refractivity contribution in [2.75, 3.05) is 26.2 Å². The Morgan fingerprint density at radius 2 is 1.77 bits per heavy atom. The van der Waals surface area contributed by atoms with Crippen molar-refractivity contribution in [3.05, 3.63) is 70.7 Å². The molecule has 6 heteroatoms. The monoisotopic (exact) mass is 439 g/mol. The Kier molecular flexibility index (Phi) is 7.25. The summed E-state index contributed by atoms with van der Waals surface area (Å²) in [5.74, 6) is -0.0279. The lowest BCUT2D eigenvalue weighted by Crippen LogP contribution is -2.48. The van der Waals surface area contributed by atoms with Gasteiger partial charge in [-0.2, -0.15) is 0 Å². The van der Waals surface area contributed by atoms with Crippen LogP contribution < -0.4 is 5.32 Å². The number of benzene rings is 2. The van der Waals surface area contributed by atoms with Gasteiger partial charge in [0.25, 0.3) is 0 Å². The number of rotatable bonds is 7. The summed E-state index contributed by atoms with van der Waals surface area (Å²) in [6.07, 6.45) is 4.27. The van der Waals surface area contributed by atoms with Crippen LogP contribution in [0.3, 0.4) is 0 Å². The number of carbonyl (C=O) groups excluding carboxylic acids is 2. The van der Waals surface area contributed by atoms with Crippen molar-refractivity contribution in [3.8, 4) is 0 Å². The molecule has 0 radical (unpaired) electrons. The van der Waals surface area contributed by atoms with Crippen molar-refractivity contribution >= 4 is 23.4 Å². The van der Waals surface area contributed by atoms with Gasteiger partial charge in [0.2, 0.25) is 11.8 Å². The number of likely N-dealkylation sites (tertiary alicyclic amines) is 2. The van der Waals surface area contributed by atoms with Gasteiger partial charge in [0.1, 0.15) is 6.04 Å². The molecule has 0 aliphatic carbocycles.